The normalized spacial score (nSPS) is 18.9. The highest BCUT2D eigenvalue weighted by Gasteiger charge is 2.41. The Morgan fingerprint density at radius 3 is 2.52 bits per heavy atom. The summed E-state index contributed by atoms with van der Waals surface area (Å²) < 4.78 is 30.6. The molecule has 21 heavy (non-hydrogen) atoms. The Labute approximate surface area is 123 Å². The summed E-state index contributed by atoms with van der Waals surface area (Å²) in [5.74, 6) is -1.01. The minimum atomic E-state index is -3.93. The minimum absolute atomic E-state index is 0.0539. The molecule has 1 heterocycles. The average Bonchev–Trinajstić information content (AvgIpc) is 2.80. The zero-order valence-electron chi connectivity index (χ0n) is 11.9. The van der Waals surface area contributed by atoms with E-state index in [2.05, 4.69) is 4.74 Å². The van der Waals surface area contributed by atoms with E-state index < -0.39 is 27.9 Å². The molecule has 1 aromatic carbocycles. The maximum atomic E-state index is 12.6. The SMILES string of the molecule is COC(=O)CC1CCC(=O)N1S(=O)(=O)c1ccc(C)cc1. The molecule has 1 aliphatic heterocycles. The molecule has 0 aliphatic carbocycles. The van der Waals surface area contributed by atoms with Gasteiger partial charge in [0.15, 0.2) is 0 Å². The van der Waals surface area contributed by atoms with Gasteiger partial charge in [0.25, 0.3) is 10.0 Å². The summed E-state index contributed by atoms with van der Waals surface area (Å²) in [6, 6.07) is 5.60. The van der Waals surface area contributed by atoms with Crippen molar-refractivity contribution in [2.75, 3.05) is 7.11 Å². The van der Waals surface area contributed by atoms with Gasteiger partial charge < -0.3 is 4.74 Å². The summed E-state index contributed by atoms with van der Waals surface area (Å²) in [5, 5.41) is 0. The number of ether oxygens (including phenoxy) is 1. The second kappa shape index (κ2) is 5.85. The van der Waals surface area contributed by atoms with Crippen molar-refractivity contribution in [2.45, 2.75) is 37.1 Å². The number of carbonyl (C=O) groups excluding carboxylic acids is 2. The molecule has 114 valence electrons. The molecule has 0 bridgehead atoms. The number of methoxy groups -OCH3 is 1. The number of sulfonamides is 1. The third-order valence-electron chi connectivity index (χ3n) is 3.48. The van der Waals surface area contributed by atoms with Gasteiger partial charge in [-0.15, -0.1) is 0 Å². The lowest BCUT2D eigenvalue weighted by molar-refractivity contribution is -0.141. The Morgan fingerprint density at radius 1 is 1.33 bits per heavy atom. The molecule has 0 saturated carbocycles. The van der Waals surface area contributed by atoms with Gasteiger partial charge in [-0.1, -0.05) is 17.7 Å². The topological polar surface area (TPSA) is 80.8 Å². The van der Waals surface area contributed by atoms with Crippen molar-refractivity contribution >= 4 is 21.9 Å². The molecule has 0 radical (unpaired) electrons. The molecule has 1 fully saturated rings. The quantitative estimate of drug-likeness (QED) is 0.781. The molecule has 7 heteroatoms. The number of rotatable bonds is 4. The number of amides is 1. The third-order valence-corrected chi connectivity index (χ3v) is 5.36. The fourth-order valence-electron chi connectivity index (χ4n) is 2.34. The van der Waals surface area contributed by atoms with Gasteiger partial charge in [-0.2, -0.15) is 0 Å². The van der Waals surface area contributed by atoms with Crippen molar-refractivity contribution in [3.05, 3.63) is 29.8 Å². The molecule has 0 spiro atoms. The molecule has 1 unspecified atom stereocenters. The molecule has 1 atom stereocenters. The summed E-state index contributed by atoms with van der Waals surface area (Å²) in [7, 11) is -2.70. The first-order valence-electron chi connectivity index (χ1n) is 6.57. The first kappa shape index (κ1) is 15.5. The molecule has 0 aromatic heterocycles. The fourth-order valence-corrected chi connectivity index (χ4v) is 3.97. The van der Waals surface area contributed by atoms with Crippen LogP contribution < -0.4 is 0 Å². The van der Waals surface area contributed by atoms with Gasteiger partial charge in [0.1, 0.15) is 0 Å². The van der Waals surface area contributed by atoms with Gasteiger partial charge in [-0.3, -0.25) is 9.59 Å². The largest absolute Gasteiger partial charge is 0.469 e. The van der Waals surface area contributed by atoms with Crippen LogP contribution in [-0.2, 0) is 24.3 Å². The van der Waals surface area contributed by atoms with E-state index in [4.69, 9.17) is 0 Å². The molecule has 1 aromatic rings. The van der Waals surface area contributed by atoms with Gasteiger partial charge in [0.05, 0.1) is 24.5 Å². The van der Waals surface area contributed by atoms with Crippen LogP contribution in [0.1, 0.15) is 24.8 Å². The molecule has 6 nitrogen and oxygen atoms in total. The van der Waals surface area contributed by atoms with Crippen LogP contribution in [0, 0.1) is 6.92 Å². The van der Waals surface area contributed by atoms with Gasteiger partial charge in [-0.25, -0.2) is 12.7 Å². The van der Waals surface area contributed by atoms with Gasteiger partial charge in [0, 0.05) is 6.42 Å². The van der Waals surface area contributed by atoms with Crippen LogP contribution in [0.3, 0.4) is 0 Å². The van der Waals surface area contributed by atoms with E-state index >= 15 is 0 Å². The maximum Gasteiger partial charge on any atom is 0.307 e. The summed E-state index contributed by atoms with van der Waals surface area (Å²) >= 11 is 0. The molecule has 1 aliphatic rings. The van der Waals surface area contributed by atoms with Gasteiger partial charge in [-0.05, 0) is 25.5 Å². The number of nitrogens with zero attached hydrogens (tertiary/aromatic N) is 1. The second-order valence-corrected chi connectivity index (χ2v) is 6.80. The number of hydrogen-bond acceptors (Lipinski definition) is 5. The maximum absolute atomic E-state index is 12.6. The van der Waals surface area contributed by atoms with Crippen LogP contribution >= 0.6 is 0 Å². The van der Waals surface area contributed by atoms with Crippen molar-refractivity contribution in [2.24, 2.45) is 0 Å². The molecule has 0 N–H and O–H groups in total. The van der Waals surface area contributed by atoms with E-state index in [0.717, 1.165) is 9.87 Å². The number of carbonyl (C=O) groups is 2. The number of aryl methyl sites for hydroxylation is 1. The van der Waals surface area contributed by atoms with E-state index in [1.165, 1.54) is 19.2 Å². The van der Waals surface area contributed by atoms with Crippen LogP contribution in [0.2, 0.25) is 0 Å². The van der Waals surface area contributed by atoms with Crippen molar-refractivity contribution < 1.29 is 22.7 Å². The minimum Gasteiger partial charge on any atom is -0.469 e. The third kappa shape index (κ3) is 3.07. The Bertz CT molecular complexity index is 650. The molecule has 1 saturated heterocycles. The lowest BCUT2D eigenvalue weighted by atomic mass is 10.2. The smallest absolute Gasteiger partial charge is 0.307 e. The Morgan fingerprint density at radius 2 is 1.95 bits per heavy atom. The van der Waals surface area contributed by atoms with E-state index in [-0.39, 0.29) is 17.7 Å². The Balaban J connectivity index is 2.33. The van der Waals surface area contributed by atoms with E-state index in [9.17, 15) is 18.0 Å². The molecule has 1 amide bonds. The molecular formula is C14H17NO5S. The summed E-state index contributed by atoms with van der Waals surface area (Å²) in [5.41, 5.74) is 0.924. The van der Waals surface area contributed by atoms with Crippen LogP contribution in [-0.4, -0.2) is 37.8 Å². The number of esters is 1. The average molecular weight is 311 g/mol. The van der Waals surface area contributed by atoms with Crippen molar-refractivity contribution in [3.63, 3.8) is 0 Å². The van der Waals surface area contributed by atoms with Crippen molar-refractivity contribution in [1.82, 2.24) is 4.31 Å². The monoisotopic (exact) mass is 311 g/mol. The second-order valence-electron chi connectivity index (χ2n) is 4.98. The first-order chi connectivity index (χ1) is 9.86. The molecule has 2 rings (SSSR count). The number of hydrogen-bond donors (Lipinski definition) is 0. The van der Waals surface area contributed by atoms with Crippen LogP contribution in [0.4, 0.5) is 0 Å². The Kier molecular flexibility index (Phi) is 4.32. The number of benzene rings is 1. The highest BCUT2D eigenvalue weighted by molar-refractivity contribution is 7.89. The summed E-state index contributed by atoms with van der Waals surface area (Å²) in [4.78, 5) is 23.4. The Hall–Kier alpha value is -1.89. The lowest BCUT2D eigenvalue weighted by Crippen LogP contribution is -2.39. The predicted molar refractivity (Wildman–Crippen MR) is 74.9 cm³/mol. The highest BCUT2D eigenvalue weighted by atomic mass is 32.2. The van der Waals surface area contributed by atoms with E-state index in [0.29, 0.717) is 6.42 Å². The van der Waals surface area contributed by atoms with Crippen LogP contribution in [0.5, 0.6) is 0 Å². The fraction of sp³-hybridized carbons (Fsp3) is 0.429. The van der Waals surface area contributed by atoms with Crippen LogP contribution in [0.15, 0.2) is 29.2 Å². The van der Waals surface area contributed by atoms with Gasteiger partial charge in [0.2, 0.25) is 5.91 Å². The zero-order valence-corrected chi connectivity index (χ0v) is 12.7. The molecular weight excluding hydrogens is 294 g/mol. The standard InChI is InChI=1S/C14H17NO5S/c1-10-3-6-12(7-4-10)21(18,19)15-11(5-8-13(15)16)9-14(17)20-2/h3-4,6-7,11H,5,8-9H2,1-2H3. The van der Waals surface area contributed by atoms with Gasteiger partial charge >= 0.3 is 5.97 Å². The highest BCUT2D eigenvalue weighted by Crippen LogP contribution is 2.29. The van der Waals surface area contributed by atoms with Crippen LogP contribution in [0.25, 0.3) is 0 Å². The summed E-state index contributed by atoms with van der Waals surface area (Å²) in [6.07, 6.45) is 0.332. The zero-order chi connectivity index (χ0) is 15.6. The summed E-state index contributed by atoms with van der Waals surface area (Å²) in [6.45, 7) is 1.84. The van der Waals surface area contributed by atoms with E-state index in [1.54, 1.807) is 12.1 Å². The lowest BCUT2D eigenvalue weighted by Gasteiger charge is -2.23. The van der Waals surface area contributed by atoms with Crippen molar-refractivity contribution in [1.29, 1.82) is 0 Å². The predicted octanol–water partition coefficient (Wildman–Crippen LogP) is 1.24. The van der Waals surface area contributed by atoms with E-state index in [1.807, 2.05) is 6.92 Å². The first-order valence-corrected chi connectivity index (χ1v) is 8.01. The van der Waals surface area contributed by atoms with Crippen molar-refractivity contribution in [3.8, 4) is 0 Å².